The quantitative estimate of drug-likeness (QED) is 0.705. The third-order valence-electron chi connectivity index (χ3n) is 3.27. The second-order valence-electron chi connectivity index (χ2n) is 4.59. The Morgan fingerprint density at radius 1 is 1.30 bits per heavy atom. The molecular formula is C14H10BrNO5S2. The average Bonchev–Trinajstić information content (AvgIpc) is 3.10. The number of rotatable bonds is 4. The van der Waals surface area contributed by atoms with Crippen molar-refractivity contribution >= 4 is 54.2 Å². The highest BCUT2D eigenvalue weighted by Gasteiger charge is 2.25. The van der Waals surface area contributed by atoms with Crippen LogP contribution in [-0.2, 0) is 10.0 Å². The highest BCUT2D eigenvalue weighted by molar-refractivity contribution is 9.11. The van der Waals surface area contributed by atoms with Gasteiger partial charge in [-0.3, -0.25) is 0 Å². The minimum absolute atomic E-state index is 0.0990. The predicted molar refractivity (Wildman–Crippen MR) is 90.1 cm³/mol. The molecule has 1 aromatic carbocycles. The van der Waals surface area contributed by atoms with Gasteiger partial charge in [0.05, 0.1) is 22.0 Å². The van der Waals surface area contributed by atoms with Crippen LogP contribution >= 0.6 is 27.3 Å². The molecular weight excluding hydrogens is 406 g/mol. The van der Waals surface area contributed by atoms with Crippen molar-refractivity contribution in [3.05, 3.63) is 45.9 Å². The van der Waals surface area contributed by atoms with Gasteiger partial charge in [0, 0.05) is 11.6 Å². The molecule has 0 fully saturated rings. The number of fused-ring (bicyclic) bond motifs is 1. The van der Waals surface area contributed by atoms with E-state index in [4.69, 9.17) is 4.74 Å². The monoisotopic (exact) mass is 415 g/mol. The molecule has 0 saturated heterocycles. The van der Waals surface area contributed by atoms with E-state index in [-0.39, 0.29) is 15.3 Å². The molecule has 0 bridgehead atoms. The van der Waals surface area contributed by atoms with Gasteiger partial charge >= 0.3 is 5.97 Å². The van der Waals surface area contributed by atoms with Crippen molar-refractivity contribution in [3.63, 3.8) is 0 Å². The number of hydrogen-bond donors (Lipinski definition) is 1. The summed E-state index contributed by atoms with van der Waals surface area (Å²) in [6, 6.07) is 7.73. The van der Waals surface area contributed by atoms with Crippen LogP contribution in [0.25, 0.3) is 10.9 Å². The topological polar surface area (TPSA) is 85.6 Å². The predicted octanol–water partition coefficient (Wildman–Crippen LogP) is 3.41. The number of carbonyl (C=O) groups is 1. The summed E-state index contributed by atoms with van der Waals surface area (Å²) in [7, 11) is -2.42. The van der Waals surface area contributed by atoms with E-state index in [1.54, 1.807) is 12.1 Å². The number of carboxylic acids is 1. The molecule has 0 aliphatic rings. The molecule has 2 aromatic heterocycles. The Hall–Kier alpha value is -1.84. The highest BCUT2D eigenvalue weighted by Crippen LogP contribution is 2.32. The number of carboxylic acid groups (broad SMARTS) is 1. The summed E-state index contributed by atoms with van der Waals surface area (Å²) >= 11 is 4.29. The number of methoxy groups -OCH3 is 1. The number of halogens is 1. The number of nitrogens with zero attached hydrogens (tertiary/aromatic N) is 1. The lowest BCUT2D eigenvalue weighted by Gasteiger charge is -2.05. The van der Waals surface area contributed by atoms with Gasteiger partial charge in [-0.25, -0.2) is 8.77 Å². The van der Waals surface area contributed by atoms with E-state index in [0.29, 0.717) is 14.9 Å². The lowest BCUT2D eigenvalue weighted by atomic mass is 10.2. The molecule has 0 spiro atoms. The molecule has 0 saturated carbocycles. The van der Waals surface area contributed by atoms with E-state index in [2.05, 4.69) is 15.9 Å². The Morgan fingerprint density at radius 3 is 2.61 bits per heavy atom. The van der Waals surface area contributed by atoms with Crippen LogP contribution in [0, 0.1) is 0 Å². The summed E-state index contributed by atoms with van der Waals surface area (Å²) in [5.74, 6) is -0.751. The number of thiophene rings is 1. The average molecular weight is 416 g/mol. The first-order chi connectivity index (χ1) is 10.8. The van der Waals surface area contributed by atoms with Gasteiger partial charge in [0.1, 0.15) is 9.96 Å². The van der Waals surface area contributed by atoms with Gasteiger partial charge in [-0.2, -0.15) is 8.42 Å². The maximum Gasteiger partial charge on any atom is 0.337 e. The Bertz CT molecular complexity index is 1020. The fourth-order valence-electron chi connectivity index (χ4n) is 2.21. The molecule has 2 heterocycles. The number of benzene rings is 1. The van der Waals surface area contributed by atoms with E-state index in [1.807, 2.05) is 0 Å². The summed E-state index contributed by atoms with van der Waals surface area (Å²) in [6.07, 6.45) is 1.12. The Morgan fingerprint density at radius 2 is 2.04 bits per heavy atom. The smallest absolute Gasteiger partial charge is 0.337 e. The standard InChI is InChI=1S/C14H10BrNO5S2/c1-21-8-2-3-11-9(6-8)10(14(17)18)7-16(11)23(19,20)13-5-4-12(15)22-13/h2-7H,1H3,(H,17,18). The van der Waals surface area contributed by atoms with Crippen molar-refractivity contribution in [2.24, 2.45) is 0 Å². The van der Waals surface area contributed by atoms with Gasteiger partial charge < -0.3 is 9.84 Å². The first-order valence-electron chi connectivity index (χ1n) is 6.28. The molecule has 0 amide bonds. The van der Waals surface area contributed by atoms with Crippen molar-refractivity contribution in [3.8, 4) is 5.75 Å². The molecule has 3 rings (SSSR count). The van der Waals surface area contributed by atoms with Crippen molar-refractivity contribution < 1.29 is 23.1 Å². The van der Waals surface area contributed by atoms with Crippen LogP contribution in [0.5, 0.6) is 5.75 Å². The zero-order chi connectivity index (χ0) is 16.8. The Kier molecular flexibility index (Phi) is 3.95. The summed E-state index contributed by atoms with van der Waals surface area (Å²) in [5, 5.41) is 9.65. The summed E-state index contributed by atoms with van der Waals surface area (Å²) < 4.78 is 32.4. The largest absolute Gasteiger partial charge is 0.497 e. The van der Waals surface area contributed by atoms with Crippen LogP contribution in [0.15, 0.2) is 44.5 Å². The minimum Gasteiger partial charge on any atom is -0.497 e. The van der Waals surface area contributed by atoms with E-state index in [9.17, 15) is 18.3 Å². The normalized spacial score (nSPS) is 11.7. The molecule has 3 aromatic rings. The van der Waals surface area contributed by atoms with Crippen LogP contribution in [0.4, 0.5) is 0 Å². The Labute approximate surface area is 144 Å². The van der Waals surface area contributed by atoms with Crippen molar-refractivity contribution in [2.45, 2.75) is 4.21 Å². The number of ether oxygens (including phenoxy) is 1. The van der Waals surface area contributed by atoms with E-state index < -0.39 is 16.0 Å². The number of aromatic nitrogens is 1. The molecule has 9 heteroatoms. The van der Waals surface area contributed by atoms with Crippen LogP contribution in [0.1, 0.15) is 10.4 Å². The third kappa shape index (κ3) is 2.64. The molecule has 0 unspecified atom stereocenters. The van der Waals surface area contributed by atoms with Crippen molar-refractivity contribution in [2.75, 3.05) is 7.11 Å². The van der Waals surface area contributed by atoms with Gasteiger partial charge in [-0.05, 0) is 46.3 Å². The lowest BCUT2D eigenvalue weighted by Crippen LogP contribution is -2.10. The van der Waals surface area contributed by atoms with E-state index >= 15 is 0 Å². The SMILES string of the molecule is COc1ccc2c(c1)c(C(=O)O)cn2S(=O)(=O)c1ccc(Br)s1. The molecule has 0 aliphatic heterocycles. The van der Waals surface area contributed by atoms with Crippen LogP contribution in [-0.4, -0.2) is 30.6 Å². The third-order valence-corrected chi connectivity index (χ3v) is 7.03. The number of hydrogen-bond acceptors (Lipinski definition) is 5. The molecule has 120 valence electrons. The van der Waals surface area contributed by atoms with Gasteiger partial charge in [0.2, 0.25) is 0 Å². The summed E-state index contributed by atoms with van der Waals surface area (Å²) in [4.78, 5) is 11.4. The Balaban J connectivity index is 2.32. The fraction of sp³-hybridized carbons (Fsp3) is 0.0714. The molecule has 0 radical (unpaired) electrons. The van der Waals surface area contributed by atoms with Gasteiger partial charge in [0.25, 0.3) is 10.0 Å². The second-order valence-corrected chi connectivity index (χ2v) is 9.10. The van der Waals surface area contributed by atoms with Crippen molar-refractivity contribution in [1.29, 1.82) is 0 Å². The first-order valence-corrected chi connectivity index (χ1v) is 9.33. The van der Waals surface area contributed by atoms with Gasteiger partial charge in [-0.1, -0.05) is 0 Å². The van der Waals surface area contributed by atoms with E-state index in [0.717, 1.165) is 21.5 Å². The van der Waals surface area contributed by atoms with Crippen LogP contribution in [0.2, 0.25) is 0 Å². The first kappa shape index (κ1) is 16.0. The van der Waals surface area contributed by atoms with Crippen molar-refractivity contribution in [1.82, 2.24) is 3.97 Å². The second kappa shape index (κ2) is 5.66. The maximum atomic E-state index is 12.8. The fourth-order valence-corrected chi connectivity index (χ4v) is 5.68. The lowest BCUT2D eigenvalue weighted by molar-refractivity contribution is 0.0699. The molecule has 23 heavy (non-hydrogen) atoms. The summed E-state index contributed by atoms with van der Waals surface area (Å²) in [6.45, 7) is 0. The van der Waals surface area contributed by atoms with Gasteiger partial charge in [-0.15, -0.1) is 11.3 Å². The highest BCUT2D eigenvalue weighted by atomic mass is 79.9. The molecule has 6 nitrogen and oxygen atoms in total. The number of aromatic carboxylic acids is 1. The minimum atomic E-state index is -3.88. The summed E-state index contributed by atoms with van der Waals surface area (Å²) in [5.41, 5.74) is 0.186. The zero-order valence-electron chi connectivity index (χ0n) is 11.7. The van der Waals surface area contributed by atoms with Crippen LogP contribution < -0.4 is 4.74 Å². The molecule has 1 N–H and O–H groups in total. The molecule has 0 aliphatic carbocycles. The van der Waals surface area contributed by atoms with E-state index in [1.165, 1.54) is 25.3 Å². The van der Waals surface area contributed by atoms with Crippen LogP contribution in [0.3, 0.4) is 0 Å². The molecule has 0 atom stereocenters. The van der Waals surface area contributed by atoms with Gasteiger partial charge in [0.15, 0.2) is 0 Å². The maximum absolute atomic E-state index is 12.8. The zero-order valence-corrected chi connectivity index (χ0v) is 14.9.